The molecule has 0 radical (unpaired) electrons. The Morgan fingerprint density at radius 2 is 1.75 bits per heavy atom. The lowest BCUT2D eigenvalue weighted by molar-refractivity contribution is 0.0968. The van der Waals surface area contributed by atoms with Gasteiger partial charge in [-0.1, -0.05) is 29.3 Å². The number of rotatable bonds is 3. The highest BCUT2D eigenvalue weighted by molar-refractivity contribution is 7.85. The first kappa shape index (κ1) is 20.2. The molecule has 0 bridgehead atoms. The van der Waals surface area contributed by atoms with Crippen LogP contribution in [0.25, 0.3) is 0 Å². The Hall–Kier alpha value is -1.80. The first-order chi connectivity index (χ1) is 11.0. The second-order valence-corrected chi connectivity index (χ2v) is 6.90. The Morgan fingerprint density at radius 1 is 1.21 bits per heavy atom. The minimum absolute atomic E-state index is 0.0634. The monoisotopic (exact) mass is 373 g/mol. The fourth-order valence-corrected chi connectivity index (χ4v) is 2.28. The molecular weight excluding hydrogens is 357 g/mol. The zero-order valence-corrected chi connectivity index (χ0v) is 14.6. The van der Waals surface area contributed by atoms with E-state index in [0.29, 0.717) is 5.56 Å². The molecule has 2 aromatic rings. The first-order valence-corrected chi connectivity index (χ1v) is 8.63. The van der Waals surface area contributed by atoms with Gasteiger partial charge in [-0.3, -0.25) is 9.35 Å². The molecule has 0 aliphatic carbocycles. The van der Waals surface area contributed by atoms with Crippen molar-refractivity contribution in [2.45, 2.75) is 24.8 Å². The first-order valence-electron chi connectivity index (χ1n) is 6.81. The number of hydrogen-bond donors (Lipinski definition) is 2. The summed E-state index contributed by atoms with van der Waals surface area (Å²) < 4.78 is 42.2. The minimum atomic E-state index is -4.02. The minimum Gasteiger partial charge on any atom is -0.321 e. The number of Topliss-reactive ketones (excluding diaryl/α,β-unsaturated/α-hetero) is 1. The van der Waals surface area contributed by atoms with Gasteiger partial charge < -0.3 is 5.73 Å². The fourth-order valence-electron chi connectivity index (χ4n) is 1.62. The van der Waals surface area contributed by atoms with Crippen LogP contribution in [0.1, 0.15) is 22.8 Å². The van der Waals surface area contributed by atoms with E-state index in [9.17, 15) is 17.6 Å². The van der Waals surface area contributed by atoms with E-state index in [1.807, 2.05) is 6.92 Å². The number of carbonyl (C=O) groups excluding carboxylic acids is 1. The molecule has 0 aromatic heterocycles. The van der Waals surface area contributed by atoms with Crippen molar-refractivity contribution in [3.8, 4) is 0 Å². The fraction of sp³-hybridized carbons (Fsp3) is 0.188. The summed E-state index contributed by atoms with van der Waals surface area (Å²) in [4.78, 5) is 11.2. The Kier molecular flexibility index (Phi) is 7.04. The van der Waals surface area contributed by atoms with E-state index in [-0.39, 0.29) is 15.7 Å². The van der Waals surface area contributed by atoms with Crippen molar-refractivity contribution < 1.29 is 22.2 Å². The normalized spacial score (nSPS) is 12.1. The largest absolute Gasteiger partial charge is 0.321 e. The summed E-state index contributed by atoms with van der Waals surface area (Å²) >= 11 is 5.49. The summed E-state index contributed by atoms with van der Waals surface area (Å²) in [5.41, 5.74) is 6.66. The van der Waals surface area contributed by atoms with Gasteiger partial charge in [-0.15, -0.1) is 0 Å². The number of nitrogens with two attached hydrogens (primary N) is 1. The molecule has 0 spiro atoms. The molecule has 2 rings (SSSR count). The molecule has 24 heavy (non-hydrogen) atoms. The lowest BCUT2D eigenvalue weighted by atomic mass is 10.1. The SMILES string of the molecule is CC(N)C(=O)c1ccc(F)c(Cl)c1.Cc1ccc(S(=O)(=O)O)cc1. The van der Waals surface area contributed by atoms with Crippen molar-refractivity contribution in [3.05, 3.63) is 64.4 Å². The standard InChI is InChI=1S/C9H9ClFNO.C7H8O3S/c1-5(12)9(13)6-2-3-8(11)7(10)4-6;1-6-2-4-7(5-3-6)11(8,9)10/h2-5H,12H2,1H3;2-5H,1H3,(H,8,9,10). The Bertz CT molecular complexity index is 820. The van der Waals surface area contributed by atoms with Gasteiger partial charge in [0, 0.05) is 5.56 Å². The third-order valence-electron chi connectivity index (χ3n) is 2.94. The molecular formula is C16H17ClFNO4S. The molecule has 5 nitrogen and oxygen atoms in total. The van der Waals surface area contributed by atoms with Crippen LogP contribution < -0.4 is 5.73 Å². The highest BCUT2D eigenvalue weighted by Crippen LogP contribution is 2.16. The molecule has 0 aliphatic rings. The summed E-state index contributed by atoms with van der Waals surface area (Å²) in [7, 11) is -4.02. The maximum Gasteiger partial charge on any atom is 0.294 e. The lowest BCUT2D eigenvalue weighted by Crippen LogP contribution is -2.26. The molecule has 0 aliphatic heterocycles. The molecule has 2 aromatic carbocycles. The molecule has 3 N–H and O–H groups in total. The summed E-state index contributed by atoms with van der Waals surface area (Å²) in [5.74, 6) is -0.787. The molecule has 0 fully saturated rings. The van der Waals surface area contributed by atoms with Gasteiger partial charge in [-0.05, 0) is 44.2 Å². The van der Waals surface area contributed by atoms with Gasteiger partial charge in [0.25, 0.3) is 10.1 Å². The van der Waals surface area contributed by atoms with Gasteiger partial charge >= 0.3 is 0 Å². The Balaban J connectivity index is 0.000000243. The predicted molar refractivity (Wildman–Crippen MR) is 90.4 cm³/mol. The van der Waals surface area contributed by atoms with Crippen LogP contribution in [-0.2, 0) is 10.1 Å². The van der Waals surface area contributed by atoms with E-state index in [1.165, 1.54) is 24.3 Å². The number of benzene rings is 2. The van der Waals surface area contributed by atoms with Crippen LogP contribution in [0.15, 0.2) is 47.4 Å². The maximum absolute atomic E-state index is 12.7. The quantitative estimate of drug-likeness (QED) is 0.635. The second-order valence-electron chi connectivity index (χ2n) is 5.07. The summed E-state index contributed by atoms with van der Waals surface area (Å²) in [6, 6.07) is 9.19. The topological polar surface area (TPSA) is 97.5 Å². The molecule has 8 heteroatoms. The highest BCUT2D eigenvalue weighted by Gasteiger charge is 2.12. The van der Waals surface area contributed by atoms with Crippen LogP contribution in [0, 0.1) is 12.7 Å². The van der Waals surface area contributed by atoms with E-state index in [2.05, 4.69) is 0 Å². The van der Waals surface area contributed by atoms with Gasteiger partial charge in [-0.2, -0.15) is 8.42 Å². The summed E-state index contributed by atoms with van der Waals surface area (Å²) in [5, 5.41) is -0.0634. The third kappa shape index (κ3) is 6.01. The second kappa shape index (κ2) is 8.34. The van der Waals surface area contributed by atoms with Crippen LogP contribution in [0.4, 0.5) is 4.39 Å². The van der Waals surface area contributed by atoms with Crippen LogP contribution in [0.5, 0.6) is 0 Å². The average molecular weight is 374 g/mol. The number of halogens is 2. The van der Waals surface area contributed by atoms with Crippen LogP contribution in [0.3, 0.4) is 0 Å². The van der Waals surface area contributed by atoms with Crippen molar-refractivity contribution in [2.75, 3.05) is 0 Å². The Labute approximate surface area is 145 Å². The van der Waals surface area contributed by atoms with E-state index in [4.69, 9.17) is 21.9 Å². The third-order valence-corrected chi connectivity index (χ3v) is 4.09. The molecule has 1 unspecified atom stereocenters. The van der Waals surface area contributed by atoms with E-state index >= 15 is 0 Å². The van der Waals surface area contributed by atoms with E-state index in [1.54, 1.807) is 19.1 Å². The smallest absolute Gasteiger partial charge is 0.294 e. The maximum atomic E-state index is 12.7. The number of aryl methyl sites for hydroxylation is 1. The van der Waals surface area contributed by atoms with Gasteiger partial charge in [0.2, 0.25) is 0 Å². The van der Waals surface area contributed by atoms with Crippen molar-refractivity contribution in [1.82, 2.24) is 0 Å². The van der Waals surface area contributed by atoms with Crippen molar-refractivity contribution in [1.29, 1.82) is 0 Å². The number of carbonyl (C=O) groups is 1. The molecule has 0 heterocycles. The van der Waals surface area contributed by atoms with Crippen LogP contribution in [0.2, 0.25) is 5.02 Å². The van der Waals surface area contributed by atoms with Gasteiger partial charge in [0.1, 0.15) is 5.82 Å². The van der Waals surface area contributed by atoms with Gasteiger partial charge in [0.05, 0.1) is 16.0 Å². The van der Waals surface area contributed by atoms with Crippen LogP contribution >= 0.6 is 11.6 Å². The zero-order chi connectivity index (χ0) is 18.5. The average Bonchev–Trinajstić information content (AvgIpc) is 2.49. The van der Waals surface area contributed by atoms with E-state index in [0.717, 1.165) is 11.6 Å². The van der Waals surface area contributed by atoms with Gasteiger partial charge in [0.15, 0.2) is 5.78 Å². The molecule has 130 valence electrons. The van der Waals surface area contributed by atoms with Gasteiger partial charge in [-0.25, -0.2) is 4.39 Å². The van der Waals surface area contributed by atoms with Crippen molar-refractivity contribution in [2.24, 2.45) is 5.73 Å². The van der Waals surface area contributed by atoms with E-state index < -0.39 is 22.0 Å². The van der Waals surface area contributed by atoms with Crippen LogP contribution in [-0.4, -0.2) is 24.8 Å². The molecule has 0 saturated heterocycles. The van der Waals surface area contributed by atoms with Crippen molar-refractivity contribution in [3.63, 3.8) is 0 Å². The highest BCUT2D eigenvalue weighted by atomic mass is 35.5. The number of ketones is 1. The molecule has 0 amide bonds. The zero-order valence-electron chi connectivity index (χ0n) is 13.0. The molecule has 0 saturated carbocycles. The predicted octanol–water partition coefficient (Wildman–Crippen LogP) is 3.25. The summed E-state index contributed by atoms with van der Waals surface area (Å²) in [6.45, 7) is 3.41. The summed E-state index contributed by atoms with van der Waals surface area (Å²) in [6.07, 6.45) is 0. The lowest BCUT2D eigenvalue weighted by Gasteiger charge is -2.04. The van der Waals surface area contributed by atoms with Crippen molar-refractivity contribution >= 4 is 27.5 Å². The Morgan fingerprint density at radius 3 is 2.17 bits per heavy atom. The molecule has 1 atom stereocenters. The number of hydrogen-bond acceptors (Lipinski definition) is 4.